The number of thioether (sulfide) groups is 1. The van der Waals surface area contributed by atoms with Gasteiger partial charge in [-0.3, -0.25) is 19.2 Å². The average molecular weight is 659 g/mol. The topological polar surface area (TPSA) is 186 Å². The van der Waals surface area contributed by atoms with Crippen molar-refractivity contribution in [2.45, 2.75) is 139 Å². The van der Waals surface area contributed by atoms with Gasteiger partial charge in [0.15, 0.2) is 0 Å². The molecule has 13 heteroatoms. The van der Waals surface area contributed by atoms with Crippen LogP contribution >= 0.6 is 11.8 Å². The SMILES string of the molecule is CC(=O)NC1[C@@H](O)[C@@H](O)C(CO)O[C@H]1SCCCCCNC(=O)CCCCCNC(=O)CCCCCNC(=O)C1CCCCC1. The molecule has 1 aliphatic heterocycles. The maximum atomic E-state index is 12.1. The van der Waals surface area contributed by atoms with Crippen molar-refractivity contribution in [1.82, 2.24) is 21.3 Å². The fraction of sp³-hybridized carbons (Fsp3) is 0.875. The van der Waals surface area contributed by atoms with Gasteiger partial charge in [-0.2, -0.15) is 0 Å². The molecular formula is C32H58N4O8S. The van der Waals surface area contributed by atoms with E-state index in [2.05, 4.69) is 21.3 Å². The molecule has 12 nitrogen and oxygen atoms in total. The summed E-state index contributed by atoms with van der Waals surface area (Å²) in [4.78, 5) is 47.8. The highest BCUT2D eigenvalue weighted by molar-refractivity contribution is 7.99. The van der Waals surface area contributed by atoms with E-state index in [1.165, 1.54) is 25.1 Å². The van der Waals surface area contributed by atoms with Crippen LogP contribution in [0.25, 0.3) is 0 Å². The number of aliphatic hydroxyl groups excluding tert-OH is 3. The van der Waals surface area contributed by atoms with Crippen molar-refractivity contribution < 1.29 is 39.2 Å². The Morgan fingerprint density at radius 3 is 1.84 bits per heavy atom. The third kappa shape index (κ3) is 16.5. The molecule has 0 aromatic heterocycles. The highest BCUT2D eigenvalue weighted by Gasteiger charge is 2.44. The minimum atomic E-state index is -1.28. The molecule has 4 amide bonds. The summed E-state index contributed by atoms with van der Waals surface area (Å²) in [6.45, 7) is 2.81. The van der Waals surface area contributed by atoms with Gasteiger partial charge >= 0.3 is 0 Å². The Hall–Kier alpha value is -1.93. The van der Waals surface area contributed by atoms with Crippen LogP contribution in [0.5, 0.6) is 0 Å². The Bertz CT molecular complexity index is 876. The van der Waals surface area contributed by atoms with E-state index >= 15 is 0 Å². The normalized spacial score (nSPS) is 23.7. The molecule has 2 unspecified atom stereocenters. The predicted octanol–water partition coefficient (Wildman–Crippen LogP) is 1.88. The highest BCUT2D eigenvalue weighted by Crippen LogP contribution is 2.29. The lowest BCUT2D eigenvalue weighted by atomic mass is 9.89. The third-order valence-electron chi connectivity index (χ3n) is 8.43. The van der Waals surface area contributed by atoms with Crippen LogP contribution in [0.1, 0.15) is 110 Å². The van der Waals surface area contributed by atoms with E-state index in [9.17, 15) is 34.5 Å². The average Bonchev–Trinajstić information content (AvgIpc) is 3.03. The number of carbonyl (C=O) groups excluding carboxylic acids is 4. The summed E-state index contributed by atoms with van der Waals surface area (Å²) in [5, 5.41) is 41.5. The zero-order valence-corrected chi connectivity index (χ0v) is 27.9. The van der Waals surface area contributed by atoms with Gasteiger partial charge in [-0.05, 0) is 57.1 Å². The Labute approximate surface area is 273 Å². The second-order valence-corrected chi connectivity index (χ2v) is 13.5. The first-order valence-corrected chi connectivity index (χ1v) is 18.1. The summed E-state index contributed by atoms with van der Waals surface area (Å²) in [5.74, 6) is 0.840. The molecule has 45 heavy (non-hydrogen) atoms. The summed E-state index contributed by atoms with van der Waals surface area (Å²) >= 11 is 1.42. The van der Waals surface area contributed by atoms with Gasteiger partial charge in [-0.1, -0.05) is 38.5 Å². The summed E-state index contributed by atoms with van der Waals surface area (Å²) in [6, 6.07) is -0.770. The van der Waals surface area contributed by atoms with Crippen molar-refractivity contribution in [3.8, 4) is 0 Å². The van der Waals surface area contributed by atoms with Crippen molar-refractivity contribution in [1.29, 1.82) is 0 Å². The molecule has 0 spiro atoms. The van der Waals surface area contributed by atoms with Gasteiger partial charge in [-0.15, -0.1) is 11.8 Å². The smallest absolute Gasteiger partial charge is 0.223 e. The number of nitrogens with one attached hydrogen (secondary N) is 4. The minimum Gasteiger partial charge on any atom is -0.394 e. The standard InChI is InChI=1S/C32H58N4O8S/c1-23(38)36-28-30(42)29(41)25(22-37)44-32(28)45-21-13-5-12-19-34-27(40)16-8-3-10-18-33-26(39)17-9-4-11-20-35-31(43)24-14-6-2-7-15-24/h24-25,28-30,32,37,41-42H,2-22H2,1H3,(H,33,39)(H,34,40)(H,35,43)(H,36,38)/t25?,28?,29-,30+,32-/m0/s1. The molecular weight excluding hydrogens is 600 g/mol. The summed E-state index contributed by atoms with van der Waals surface area (Å²) in [6.07, 6.45) is 10.8. The fourth-order valence-corrected chi connectivity index (χ4v) is 7.00. The number of rotatable bonds is 22. The first kappa shape index (κ1) is 39.2. The maximum Gasteiger partial charge on any atom is 0.223 e. The molecule has 0 aromatic rings. The molecule has 2 aliphatic rings. The Kier molecular flexibility index (Phi) is 20.4. The predicted molar refractivity (Wildman–Crippen MR) is 174 cm³/mol. The Balaban J connectivity index is 1.39. The van der Waals surface area contributed by atoms with Gasteiger partial charge in [0.05, 0.1) is 12.6 Å². The number of unbranched alkanes of at least 4 members (excludes halogenated alkanes) is 6. The summed E-state index contributed by atoms with van der Waals surface area (Å²) < 4.78 is 5.71. The van der Waals surface area contributed by atoms with Gasteiger partial charge < -0.3 is 41.3 Å². The van der Waals surface area contributed by atoms with Gasteiger partial charge in [-0.25, -0.2) is 0 Å². The van der Waals surface area contributed by atoms with Crippen LogP contribution in [0.4, 0.5) is 0 Å². The second-order valence-electron chi connectivity index (χ2n) is 12.3. The van der Waals surface area contributed by atoms with Crippen LogP contribution in [0, 0.1) is 5.92 Å². The van der Waals surface area contributed by atoms with E-state index in [-0.39, 0.29) is 29.5 Å². The van der Waals surface area contributed by atoms with E-state index in [4.69, 9.17) is 4.74 Å². The number of hydrogen-bond donors (Lipinski definition) is 7. The van der Waals surface area contributed by atoms with Crippen LogP contribution in [0.2, 0.25) is 0 Å². The lowest BCUT2D eigenvalue weighted by Crippen LogP contribution is -2.63. The number of amides is 4. The largest absolute Gasteiger partial charge is 0.394 e. The number of ether oxygens (including phenoxy) is 1. The lowest BCUT2D eigenvalue weighted by molar-refractivity contribution is -0.173. The zero-order chi connectivity index (χ0) is 32.9. The molecule has 1 aliphatic carbocycles. The first-order valence-electron chi connectivity index (χ1n) is 17.0. The van der Waals surface area contributed by atoms with Crippen LogP contribution in [-0.2, 0) is 23.9 Å². The molecule has 2 fully saturated rings. The number of carbonyl (C=O) groups is 4. The van der Waals surface area contributed by atoms with Crippen LogP contribution < -0.4 is 21.3 Å². The van der Waals surface area contributed by atoms with Gasteiger partial charge in [0.2, 0.25) is 23.6 Å². The fourth-order valence-electron chi connectivity index (χ4n) is 5.74. The summed E-state index contributed by atoms with van der Waals surface area (Å²) in [5.41, 5.74) is -0.584. The number of hydrogen-bond acceptors (Lipinski definition) is 9. The monoisotopic (exact) mass is 658 g/mol. The molecule has 1 saturated heterocycles. The molecule has 260 valence electrons. The quantitative estimate of drug-likeness (QED) is 0.0853. The van der Waals surface area contributed by atoms with Crippen molar-refractivity contribution in [3.63, 3.8) is 0 Å². The molecule has 7 N–H and O–H groups in total. The minimum absolute atomic E-state index is 0.0275. The molecule has 5 atom stereocenters. The van der Waals surface area contributed by atoms with E-state index in [1.807, 2.05) is 0 Å². The van der Waals surface area contributed by atoms with Crippen molar-refractivity contribution in [3.05, 3.63) is 0 Å². The Morgan fingerprint density at radius 2 is 1.29 bits per heavy atom. The molecule has 2 rings (SSSR count). The van der Waals surface area contributed by atoms with Gasteiger partial charge in [0.1, 0.15) is 23.7 Å². The van der Waals surface area contributed by atoms with Gasteiger partial charge in [0.25, 0.3) is 0 Å². The van der Waals surface area contributed by atoms with E-state index in [0.29, 0.717) is 38.2 Å². The zero-order valence-electron chi connectivity index (χ0n) is 27.1. The first-order chi connectivity index (χ1) is 21.7. The van der Waals surface area contributed by atoms with Crippen LogP contribution in [-0.4, -0.2) is 101 Å². The maximum absolute atomic E-state index is 12.1. The van der Waals surface area contributed by atoms with Crippen molar-refractivity contribution >= 4 is 35.4 Å². The highest BCUT2D eigenvalue weighted by atomic mass is 32.2. The van der Waals surface area contributed by atoms with Crippen LogP contribution in [0.15, 0.2) is 0 Å². The van der Waals surface area contributed by atoms with Crippen molar-refractivity contribution in [2.75, 3.05) is 32.0 Å². The number of aliphatic hydroxyl groups is 3. The molecule has 0 aromatic carbocycles. The molecule has 0 radical (unpaired) electrons. The van der Waals surface area contributed by atoms with E-state index in [0.717, 1.165) is 83.5 Å². The van der Waals surface area contributed by atoms with E-state index < -0.39 is 36.4 Å². The molecule has 1 saturated carbocycles. The van der Waals surface area contributed by atoms with Crippen LogP contribution in [0.3, 0.4) is 0 Å². The third-order valence-corrected chi connectivity index (χ3v) is 9.69. The molecule has 1 heterocycles. The lowest BCUT2D eigenvalue weighted by Gasteiger charge is -2.42. The van der Waals surface area contributed by atoms with E-state index in [1.54, 1.807) is 0 Å². The summed E-state index contributed by atoms with van der Waals surface area (Å²) in [7, 11) is 0. The Morgan fingerprint density at radius 1 is 0.733 bits per heavy atom. The van der Waals surface area contributed by atoms with Crippen molar-refractivity contribution in [2.24, 2.45) is 5.92 Å². The second kappa shape index (κ2) is 23.4. The molecule has 0 bridgehead atoms. The van der Waals surface area contributed by atoms with Gasteiger partial charge in [0, 0.05) is 45.3 Å².